The molecular weight excluding hydrogens is 417 g/mol. The van der Waals surface area contributed by atoms with Gasteiger partial charge in [-0.3, -0.25) is 14.9 Å². The van der Waals surface area contributed by atoms with Crippen molar-refractivity contribution >= 4 is 23.0 Å². The molecule has 0 aliphatic heterocycles. The molecule has 4 rings (SSSR count). The number of fused-ring (bicyclic) bond motifs is 1. The molecule has 0 bridgehead atoms. The topological polar surface area (TPSA) is 125 Å². The Labute approximate surface area is 181 Å². The largest absolute Gasteiger partial charge is 0.384 e. The fraction of sp³-hybridized carbons (Fsp3) is 0.0870. The first-order chi connectivity index (χ1) is 15.3. The van der Waals surface area contributed by atoms with E-state index in [2.05, 4.69) is 10.6 Å². The Bertz CT molecular complexity index is 1230. The Morgan fingerprint density at radius 2 is 1.62 bits per heavy atom. The molecule has 32 heavy (non-hydrogen) atoms. The Morgan fingerprint density at radius 3 is 2.31 bits per heavy atom. The molecule has 3 aromatic rings. The summed E-state index contributed by atoms with van der Waals surface area (Å²) in [6, 6.07) is 16.1. The molecule has 8 nitrogen and oxygen atoms in total. The molecule has 0 spiro atoms. The van der Waals surface area contributed by atoms with Gasteiger partial charge in [-0.05, 0) is 47.5 Å². The minimum Gasteiger partial charge on any atom is -0.384 e. The van der Waals surface area contributed by atoms with Crippen molar-refractivity contribution in [2.45, 2.75) is 12.2 Å². The van der Waals surface area contributed by atoms with E-state index < -0.39 is 34.4 Å². The van der Waals surface area contributed by atoms with Gasteiger partial charge in [0.05, 0.1) is 16.6 Å². The summed E-state index contributed by atoms with van der Waals surface area (Å²) >= 11 is 0. The van der Waals surface area contributed by atoms with Crippen LogP contribution < -0.4 is 10.6 Å². The van der Waals surface area contributed by atoms with Gasteiger partial charge in [-0.25, -0.2) is 4.39 Å². The summed E-state index contributed by atoms with van der Waals surface area (Å²) < 4.78 is 13.9. The van der Waals surface area contributed by atoms with Crippen LogP contribution in [0.15, 0.2) is 78.5 Å². The Balaban J connectivity index is 1.47. The SMILES string of the molecule is O=C(Nc1ccc(NC2=CC(O)c3ccccc3C2O)cc1)c1cc([N+](=O)[O-])ccc1F. The van der Waals surface area contributed by atoms with Gasteiger partial charge in [-0.15, -0.1) is 0 Å². The first kappa shape index (κ1) is 21.2. The lowest BCUT2D eigenvalue weighted by Gasteiger charge is -2.27. The summed E-state index contributed by atoms with van der Waals surface area (Å²) in [5, 5.41) is 37.3. The number of non-ortho nitro benzene ring substituents is 1. The summed E-state index contributed by atoms with van der Waals surface area (Å²) in [4.78, 5) is 22.5. The number of halogens is 1. The van der Waals surface area contributed by atoms with Crippen LogP contribution in [0, 0.1) is 15.9 Å². The lowest BCUT2D eigenvalue weighted by molar-refractivity contribution is -0.384. The molecule has 0 heterocycles. The van der Waals surface area contributed by atoms with Crippen LogP contribution in [-0.4, -0.2) is 21.0 Å². The zero-order chi connectivity index (χ0) is 22.8. The van der Waals surface area contributed by atoms with Gasteiger partial charge < -0.3 is 20.8 Å². The summed E-state index contributed by atoms with van der Waals surface area (Å²) in [5.74, 6) is -1.69. The van der Waals surface area contributed by atoms with E-state index >= 15 is 0 Å². The van der Waals surface area contributed by atoms with Gasteiger partial charge in [0.25, 0.3) is 11.6 Å². The van der Waals surface area contributed by atoms with Gasteiger partial charge in [-0.1, -0.05) is 24.3 Å². The van der Waals surface area contributed by atoms with Crippen molar-refractivity contribution in [3.05, 3.63) is 111 Å². The number of nitrogens with zero attached hydrogens (tertiary/aromatic N) is 1. The zero-order valence-corrected chi connectivity index (χ0v) is 16.5. The molecule has 1 amide bonds. The van der Waals surface area contributed by atoms with E-state index in [4.69, 9.17) is 0 Å². The first-order valence-corrected chi connectivity index (χ1v) is 9.62. The maximum absolute atomic E-state index is 13.9. The average Bonchev–Trinajstić information content (AvgIpc) is 2.78. The number of nitro groups is 1. The van der Waals surface area contributed by atoms with Crippen molar-refractivity contribution in [1.29, 1.82) is 0 Å². The third kappa shape index (κ3) is 4.20. The highest BCUT2D eigenvalue weighted by atomic mass is 19.1. The number of aliphatic hydroxyl groups is 2. The summed E-state index contributed by atoms with van der Waals surface area (Å²) in [6.07, 6.45) is -0.278. The molecule has 4 N–H and O–H groups in total. The van der Waals surface area contributed by atoms with E-state index in [9.17, 15) is 29.5 Å². The van der Waals surface area contributed by atoms with Crippen molar-refractivity contribution in [2.24, 2.45) is 0 Å². The van der Waals surface area contributed by atoms with Crippen LogP contribution >= 0.6 is 0 Å². The van der Waals surface area contributed by atoms with E-state index in [0.29, 0.717) is 28.2 Å². The van der Waals surface area contributed by atoms with E-state index in [-0.39, 0.29) is 5.69 Å². The number of carbonyl (C=O) groups excluding carboxylic acids is 1. The summed E-state index contributed by atoms with van der Waals surface area (Å²) in [5.41, 5.74) is 1.75. The Hall–Kier alpha value is -4.08. The number of amides is 1. The number of nitrogens with one attached hydrogen (secondary N) is 2. The molecule has 0 aromatic heterocycles. The van der Waals surface area contributed by atoms with Gasteiger partial charge in [-0.2, -0.15) is 0 Å². The van der Waals surface area contributed by atoms with Crippen molar-refractivity contribution in [3.8, 4) is 0 Å². The van der Waals surface area contributed by atoms with Crippen LogP contribution in [0.2, 0.25) is 0 Å². The van der Waals surface area contributed by atoms with Crippen LogP contribution in [0.5, 0.6) is 0 Å². The second kappa shape index (κ2) is 8.58. The van der Waals surface area contributed by atoms with Crippen LogP contribution in [-0.2, 0) is 0 Å². The highest BCUT2D eigenvalue weighted by Crippen LogP contribution is 2.36. The molecule has 162 valence electrons. The third-order valence-electron chi connectivity index (χ3n) is 5.08. The molecule has 0 saturated heterocycles. The van der Waals surface area contributed by atoms with E-state index in [1.165, 1.54) is 6.08 Å². The lowest BCUT2D eigenvalue weighted by Crippen LogP contribution is -2.18. The summed E-state index contributed by atoms with van der Waals surface area (Å²) in [6.45, 7) is 0. The van der Waals surface area contributed by atoms with Crippen molar-refractivity contribution in [2.75, 3.05) is 10.6 Å². The van der Waals surface area contributed by atoms with Crippen molar-refractivity contribution in [1.82, 2.24) is 0 Å². The highest BCUT2D eigenvalue weighted by Gasteiger charge is 2.25. The number of rotatable bonds is 5. The molecule has 0 fully saturated rings. The number of benzene rings is 3. The second-order valence-corrected chi connectivity index (χ2v) is 7.18. The summed E-state index contributed by atoms with van der Waals surface area (Å²) in [7, 11) is 0. The molecule has 1 aliphatic carbocycles. The third-order valence-corrected chi connectivity index (χ3v) is 5.08. The maximum atomic E-state index is 13.9. The average molecular weight is 435 g/mol. The minimum absolute atomic E-state index is 0.343. The normalized spacial score (nSPS) is 17.2. The molecule has 3 aromatic carbocycles. The fourth-order valence-electron chi connectivity index (χ4n) is 3.46. The van der Waals surface area contributed by atoms with Crippen LogP contribution in [0.4, 0.5) is 21.5 Å². The quantitative estimate of drug-likeness (QED) is 0.354. The number of aliphatic hydroxyl groups excluding tert-OH is 2. The number of hydrogen-bond donors (Lipinski definition) is 4. The van der Waals surface area contributed by atoms with Crippen LogP contribution in [0.1, 0.15) is 33.7 Å². The molecule has 2 atom stereocenters. The number of nitro benzene ring substituents is 1. The van der Waals surface area contributed by atoms with Crippen LogP contribution in [0.3, 0.4) is 0 Å². The molecular formula is C23H18FN3O5. The fourth-order valence-corrected chi connectivity index (χ4v) is 3.46. The number of hydrogen-bond acceptors (Lipinski definition) is 6. The van der Waals surface area contributed by atoms with E-state index in [1.54, 1.807) is 48.5 Å². The predicted octanol–water partition coefficient (Wildman–Crippen LogP) is 4.06. The van der Waals surface area contributed by atoms with Gasteiger partial charge >= 0.3 is 0 Å². The second-order valence-electron chi connectivity index (χ2n) is 7.18. The van der Waals surface area contributed by atoms with E-state index in [0.717, 1.165) is 18.2 Å². The molecule has 0 saturated carbocycles. The Kier molecular flexibility index (Phi) is 5.67. The highest BCUT2D eigenvalue weighted by molar-refractivity contribution is 6.04. The molecule has 2 unspecified atom stereocenters. The van der Waals surface area contributed by atoms with Gasteiger partial charge in [0.2, 0.25) is 0 Å². The van der Waals surface area contributed by atoms with E-state index in [1.807, 2.05) is 0 Å². The van der Waals surface area contributed by atoms with Crippen LogP contribution in [0.25, 0.3) is 0 Å². The maximum Gasteiger partial charge on any atom is 0.270 e. The van der Waals surface area contributed by atoms with Gasteiger partial charge in [0, 0.05) is 29.2 Å². The smallest absolute Gasteiger partial charge is 0.270 e. The molecule has 9 heteroatoms. The number of anilines is 2. The van der Waals surface area contributed by atoms with Crippen molar-refractivity contribution in [3.63, 3.8) is 0 Å². The molecule has 0 radical (unpaired) electrons. The number of carbonyl (C=O) groups is 1. The Morgan fingerprint density at radius 1 is 0.969 bits per heavy atom. The van der Waals surface area contributed by atoms with Crippen molar-refractivity contribution < 1.29 is 24.3 Å². The molecule has 1 aliphatic rings. The van der Waals surface area contributed by atoms with Gasteiger partial charge in [0.15, 0.2) is 0 Å². The zero-order valence-electron chi connectivity index (χ0n) is 16.5. The first-order valence-electron chi connectivity index (χ1n) is 9.62. The lowest BCUT2D eigenvalue weighted by atomic mass is 9.90. The standard InChI is InChI=1S/C23H18FN3O5/c24-19-10-9-15(27(31)32)11-18(19)23(30)26-14-7-5-13(6-8-14)25-20-12-21(28)16-3-1-2-4-17(16)22(20)29/h1-12,21-22,25,28-29H,(H,26,30). The minimum atomic E-state index is -0.939. The predicted molar refractivity (Wildman–Crippen MR) is 116 cm³/mol. The van der Waals surface area contributed by atoms with Gasteiger partial charge in [0.1, 0.15) is 11.9 Å². The monoisotopic (exact) mass is 435 g/mol.